The minimum atomic E-state index is -0.907. The molecular weight excluding hydrogens is 368 g/mol. The lowest BCUT2D eigenvalue weighted by Gasteiger charge is -2.60. The lowest BCUT2D eigenvalue weighted by Crippen LogP contribution is -2.61. The number of aliphatic hydroxyl groups is 3. The van der Waals surface area contributed by atoms with Crippen molar-refractivity contribution in [1.82, 2.24) is 0 Å². The maximum absolute atomic E-state index is 12.2. The van der Waals surface area contributed by atoms with E-state index in [1.165, 1.54) is 7.11 Å². The summed E-state index contributed by atoms with van der Waals surface area (Å²) >= 11 is 0. The highest BCUT2D eigenvalue weighted by Gasteiger charge is 2.66. The molecule has 4 aliphatic carbocycles. The van der Waals surface area contributed by atoms with Gasteiger partial charge in [0.2, 0.25) is 0 Å². The molecule has 6 nitrogen and oxygen atoms in total. The Morgan fingerprint density at radius 1 is 1.14 bits per heavy atom. The van der Waals surface area contributed by atoms with Gasteiger partial charge in [0.25, 0.3) is 0 Å². The fraction of sp³-hybridized carbons (Fsp3) is 0.826. The van der Waals surface area contributed by atoms with Crippen molar-refractivity contribution in [2.24, 2.45) is 38.7 Å². The van der Waals surface area contributed by atoms with Crippen LogP contribution in [0.5, 0.6) is 0 Å². The second kappa shape index (κ2) is 6.89. The van der Waals surface area contributed by atoms with E-state index in [4.69, 9.17) is 4.84 Å². The van der Waals surface area contributed by atoms with Gasteiger partial charge in [0.1, 0.15) is 7.11 Å². The van der Waals surface area contributed by atoms with Gasteiger partial charge in [-0.1, -0.05) is 19.0 Å². The van der Waals surface area contributed by atoms with Crippen molar-refractivity contribution in [1.29, 1.82) is 0 Å². The minimum absolute atomic E-state index is 0.0127. The molecule has 0 radical (unpaired) electrons. The highest BCUT2D eigenvalue weighted by molar-refractivity contribution is 5.99. The van der Waals surface area contributed by atoms with Crippen LogP contribution in [0.25, 0.3) is 0 Å². The third-order valence-electron chi connectivity index (χ3n) is 9.19. The highest BCUT2D eigenvalue weighted by Crippen LogP contribution is 2.67. The summed E-state index contributed by atoms with van der Waals surface area (Å²) in [6, 6.07) is 0. The number of allylic oxidation sites excluding steroid dienone is 1. The number of aliphatic hydroxyl groups excluding tert-OH is 2. The molecular formula is C23H36N2O4. The Morgan fingerprint density at radius 3 is 2.52 bits per heavy atom. The van der Waals surface area contributed by atoms with Crippen LogP contribution in [0.4, 0.5) is 0 Å². The summed E-state index contributed by atoms with van der Waals surface area (Å²) in [5.41, 5.74) is 1.53. The minimum Gasteiger partial charge on any atom is -0.399 e. The number of oxime groups is 1. The summed E-state index contributed by atoms with van der Waals surface area (Å²) in [4.78, 5) is 9.63. The molecule has 29 heavy (non-hydrogen) atoms. The Morgan fingerprint density at radius 2 is 1.86 bits per heavy atom. The Kier molecular flexibility index (Phi) is 4.99. The standard InChI is InChI=1S/C23H36N2O4/c1-13(24-4)14-7-9-23(28)16-10-18(25-29-5)17-11-19(26)20(27)12-21(17,2)15(16)6-8-22(14,23)3/h10,14-15,17,19-20,26-28H,6-9,11-12H2,1-5H3/b24-13-,25-18+/t14?,15?,17?,19-,20?,21?,22?,23-/m1/s1. The maximum Gasteiger partial charge on any atom is 0.106 e. The van der Waals surface area contributed by atoms with E-state index in [1.54, 1.807) is 0 Å². The first-order valence-corrected chi connectivity index (χ1v) is 11.0. The lowest BCUT2D eigenvalue weighted by molar-refractivity contribution is -0.115. The van der Waals surface area contributed by atoms with Crippen molar-refractivity contribution in [3.05, 3.63) is 11.6 Å². The van der Waals surface area contributed by atoms with E-state index in [9.17, 15) is 15.3 Å². The number of nitrogens with zero attached hydrogens (tertiary/aromatic N) is 2. The van der Waals surface area contributed by atoms with Gasteiger partial charge >= 0.3 is 0 Å². The number of hydrogen-bond acceptors (Lipinski definition) is 6. The first kappa shape index (κ1) is 21.0. The summed E-state index contributed by atoms with van der Waals surface area (Å²) in [5, 5.41) is 37.3. The van der Waals surface area contributed by atoms with Crippen molar-refractivity contribution in [2.45, 2.75) is 77.1 Å². The number of fused-ring (bicyclic) bond motifs is 5. The van der Waals surface area contributed by atoms with Crippen molar-refractivity contribution in [2.75, 3.05) is 14.2 Å². The van der Waals surface area contributed by atoms with Gasteiger partial charge in [-0.3, -0.25) is 4.99 Å². The van der Waals surface area contributed by atoms with Crippen LogP contribution in [0.15, 0.2) is 21.8 Å². The van der Waals surface area contributed by atoms with E-state index in [-0.39, 0.29) is 28.6 Å². The average Bonchev–Trinajstić information content (AvgIpc) is 2.95. The first-order valence-electron chi connectivity index (χ1n) is 11.0. The van der Waals surface area contributed by atoms with Crippen LogP contribution in [-0.4, -0.2) is 58.7 Å². The molecule has 0 heterocycles. The Balaban J connectivity index is 1.84. The van der Waals surface area contributed by atoms with Gasteiger partial charge in [-0.2, -0.15) is 0 Å². The molecule has 4 rings (SSSR count). The van der Waals surface area contributed by atoms with Crippen molar-refractivity contribution < 1.29 is 20.2 Å². The van der Waals surface area contributed by atoms with Gasteiger partial charge in [-0.05, 0) is 68.4 Å². The largest absolute Gasteiger partial charge is 0.399 e. The molecule has 8 atom stereocenters. The molecule has 0 aromatic heterocycles. The van der Waals surface area contributed by atoms with Crippen molar-refractivity contribution in [3.8, 4) is 0 Å². The van der Waals surface area contributed by atoms with Gasteiger partial charge in [0.05, 0.1) is 23.5 Å². The Labute approximate surface area is 173 Å². The van der Waals surface area contributed by atoms with Crippen LogP contribution < -0.4 is 0 Å². The maximum atomic E-state index is 12.2. The molecule has 3 saturated carbocycles. The lowest BCUT2D eigenvalue weighted by atomic mass is 9.46. The molecule has 0 amide bonds. The van der Waals surface area contributed by atoms with Crippen LogP contribution in [0, 0.1) is 28.6 Å². The van der Waals surface area contributed by atoms with E-state index in [0.717, 1.165) is 42.7 Å². The molecule has 6 unspecified atom stereocenters. The summed E-state index contributed by atoms with van der Waals surface area (Å²) in [6.07, 6.45) is 5.09. The number of hydrogen-bond donors (Lipinski definition) is 3. The molecule has 3 N–H and O–H groups in total. The predicted molar refractivity (Wildman–Crippen MR) is 113 cm³/mol. The van der Waals surface area contributed by atoms with Crippen LogP contribution in [0.1, 0.15) is 59.3 Å². The fourth-order valence-electron chi connectivity index (χ4n) is 7.42. The van der Waals surface area contributed by atoms with E-state index >= 15 is 0 Å². The summed E-state index contributed by atoms with van der Waals surface area (Å²) in [6.45, 7) is 6.50. The molecule has 3 fully saturated rings. The molecule has 0 aromatic carbocycles. The third kappa shape index (κ3) is 2.71. The van der Waals surface area contributed by atoms with Crippen LogP contribution in [0.2, 0.25) is 0 Å². The van der Waals surface area contributed by atoms with Crippen molar-refractivity contribution >= 4 is 11.4 Å². The van der Waals surface area contributed by atoms with Crippen LogP contribution in [0.3, 0.4) is 0 Å². The molecule has 0 aliphatic heterocycles. The van der Waals surface area contributed by atoms with Gasteiger partial charge in [-0.25, -0.2) is 0 Å². The number of rotatable bonds is 2. The highest BCUT2D eigenvalue weighted by atomic mass is 16.6. The molecule has 0 aromatic rings. The molecule has 162 valence electrons. The third-order valence-corrected chi connectivity index (χ3v) is 9.19. The Bertz CT molecular complexity index is 777. The molecule has 0 saturated heterocycles. The van der Waals surface area contributed by atoms with Gasteiger partial charge in [0, 0.05) is 30.0 Å². The second-order valence-electron chi connectivity index (χ2n) is 10.3. The monoisotopic (exact) mass is 404 g/mol. The average molecular weight is 405 g/mol. The van der Waals surface area contributed by atoms with E-state index < -0.39 is 17.8 Å². The molecule has 6 heteroatoms. The number of aliphatic imine (C=N–C) groups is 1. The molecule has 0 bridgehead atoms. The van der Waals surface area contributed by atoms with E-state index in [2.05, 4.69) is 37.0 Å². The summed E-state index contributed by atoms with van der Waals surface area (Å²) in [7, 11) is 3.38. The van der Waals surface area contributed by atoms with Crippen LogP contribution in [-0.2, 0) is 4.84 Å². The Hall–Kier alpha value is -1.24. The molecule has 4 aliphatic rings. The SMILES string of the molecule is C/N=C(/C)C1CC[C@@]2(O)C3=C/C(=N\OC)C4C[C@@H](O)C(O)CC4(C)C3CCC12C. The van der Waals surface area contributed by atoms with Gasteiger partial charge in [-0.15, -0.1) is 0 Å². The quantitative estimate of drug-likeness (QED) is 0.487. The normalized spacial score (nSPS) is 51.2. The summed E-state index contributed by atoms with van der Waals surface area (Å²) < 4.78 is 0. The second-order valence-corrected chi connectivity index (χ2v) is 10.3. The topological polar surface area (TPSA) is 94.6 Å². The smallest absolute Gasteiger partial charge is 0.106 e. The zero-order valence-electron chi connectivity index (χ0n) is 18.4. The van der Waals surface area contributed by atoms with E-state index in [0.29, 0.717) is 12.8 Å². The van der Waals surface area contributed by atoms with Gasteiger partial charge in [0.15, 0.2) is 0 Å². The fourth-order valence-corrected chi connectivity index (χ4v) is 7.42. The zero-order valence-corrected chi connectivity index (χ0v) is 18.4. The van der Waals surface area contributed by atoms with Crippen LogP contribution >= 0.6 is 0 Å². The zero-order chi connectivity index (χ0) is 21.2. The first-order chi connectivity index (χ1) is 13.6. The molecule has 0 spiro atoms. The predicted octanol–water partition coefficient (Wildman–Crippen LogP) is 2.72. The van der Waals surface area contributed by atoms with Gasteiger partial charge < -0.3 is 20.2 Å². The summed E-state index contributed by atoms with van der Waals surface area (Å²) in [5.74, 6) is 0.450. The van der Waals surface area contributed by atoms with E-state index in [1.807, 2.05) is 7.05 Å². The van der Waals surface area contributed by atoms with Crippen molar-refractivity contribution in [3.63, 3.8) is 0 Å².